The van der Waals surface area contributed by atoms with Crippen molar-refractivity contribution in [2.75, 3.05) is 6.61 Å². The quantitative estimate of drug-likeness (QED) is 0.717. The fourth-order valence-corrected chi connectivity index (χ4v) is 3.66. The summed E-state index contributed by atoms with van der Waals surface area (Å²) in [4.78, 5) is 27.3. The molecule has 3 rings (SSSR count). The van der Waals surface area contributed by atoms with Crippen molar-refractivity contribution in [1.29, 1.82) is 0 Å². The molecule has 2 aromatic carbocycles. The minimum absolute atomic E-state index is 0.0261. The van der Waals surface area contributed by atoms with Gasteiger partial charge in [0.05, 0.1) is 18.7 Å². The Bertz CT molecular complexity index is 935. The molecule has 0 saturated carbocycles. The molecular weight excluding hydrogens is 357 g/mol. The van der Waals surface area contributed by atoms with Crippen molar-refractivity contribution < 1.29 is 18.7 Å². The van der Waals surface area contributed by atoms with Gasteiger partial charge in [-0.1, -0.05) is 42.5 Å². The Kier molecular flexibility index (Phi) is 5.93. The van der Waals surface area contributed by atoms with Crippen molar-refractivity contribution in [2.45, 2.75) is 39.7 Å². The van der Waals surface area contributed by atoms with Gasteiger partial charge in [0.15, 0.2) is 0 Å². The van der Waals surface area contributed by atoms with Gasteiger partial charge in [0, 0.05) is 18.0 Å². The number of aryl methyl sites for hydroxylation is 1. The number of amides is 1. The molecular formula is C23H24FNO3. The zero-order valence-corrected chi connectivity index (χ0v) is 16.4. The lowest BCUT2D eigenvalue weighted by Crippen LogP contribution is -2.38. The van der Waals surface area contributed by atoms with E-state index >= 15 is 0 Å². The van der Waals surface area contributed by atoms with Gasteiger partial charge in [-0.25, -0.2) is 9.18 Å². The minimum atomic E-state index is -0.652. The number of nitrogens with zero attached hydrogens (tertiary/aromatic N) is 1. The molecule has 0 N–H and O–H groups in total. The van der Waals surface area contributed by atoms with Crippen LogP contribution in [0.4, 0.5) is 4.39 Å². The van der Waals surface area contributed by atoms with E-state index in [2.05, 4.69) is 0 Å². The molecule has 1 unspecified atom stereocenters. The summed E-state index contributed by atoms with van der Waals surface area (Å²) in [7, 11) is 0. The second-order valence-corrected chi connectivity index (χ2v) is 6.90. The molecule has 0 aromatic heterocycles. The van der Waals surface area contributed by atoms with E-state index in [1.807, 2.05) is 31.2 Å². The first-order valence-corrected chi connectivity index (χ1v) is 9.41. The van der Waals surface area contributed by atoms with Crippen molar-refractivity contribution in [2.24, 2.45) is 0 Å². The molecule has 1 aliphatic rings. The van der Waals surface area contributed by atoms with Crippen LogP contribution in [0.1, 0.15) is 42.9 Å². The van der Waals surface area contributed by atoms with Crippen LogP contribution in [-0.2, 0) is 20.9 Å². The summed E-state index contributed by atoms with van der Waals surface area (Å²) >= 11 is 0. The summed E-state index contributed by atoms with van der Waals surface area (Å²) in [5.74, 6) is -1.72. The number of rotatable bonds is 5. The summed E-state index contributed by atoms with van der Waals surface area (Å²) in [6.45, 7) is 6.02. The number of carbonyl (C=O) groups excluding carboxylic acids is 2. The maximum absolute atomic E-state index is 14.4. The zero-order valence-electron chi connectivity index (χ0n) is 16.4. The smallest absolute Gasteiger partial charge is 0.336 e. The van der Waals surface area contributed by atoms with Crippen LogP contribution in [0.3, 0.4) is 0 Å². The molecule has 0 bridgehead atoms. The second kappa shape index (κ2) is 8.38. The van der Waals surface area contributed by atoms with E-state index in [-0.39, 0.29) is 18.9 Å². The largest absolute Gasteiger partial charge is 0.463 e. The van der Waals surface area contributed by atoms with Crippen LogP contribution in [0.25, 0.3) is 0 Å². The molecule has 0 fully saturated rings. The van der Waals surface area contributed by atoms with Gasteiger partial charge in [-0.3, -0.25) is 4.79 Å². The molecule has 1 heterocycles. The Morgan fingerprint density at radius 1 is 1.14 bits per heavy atom. The standard InChI is InChI=1S/C23H24FNO3/c1-4-28-23(27)22-16(3)25(14-17-10-6-5-9-15(17)2)21(26)13-19(22)18-11-7-8-12-20(18)24/h5-12,19H,4,13-14H2,1-3H3. The Morgan fingerprint density at radius 2 is 1.82 bits per heavy atom. The Hall–Kier alpha value is -2.95. The van der Waals surface area contributed by atoms with Crippen LogP contribution >= 0.6 is 0 Å². The molecule has 28 heavy (non-hydrogen) atoms. The molecule has 4 nitrogen and oxygen atoms in total. The first-order chi connectivity index (χ1) is 13.4. The minimum Gasteiger partial charge on any atom is -0.463 e. The van der Waals surface area contributed by atoms with Gasteiger partial charge in [-0.15, -0.1) is 0 Å². The Balaban J connectivity index is 2.07. The number of allylic oxidation sites excluding steroid dienone is 1. The van der Waals surface area contributed by atoms with Crippen molar-refractivity contribution in [3.63, 3.8) is 0 Å². The van der Waals surface area contributed by atoms with Crippen LogP contribution < -0.4 is 0 Å². The summed E-state index contributed by atoms with van der Waals surface area (Å²) in [6.07, 6.45) is 0.0261. The lowest BCUT2D eigenvalue weighted by Gasteiger charge is -2.35. The normalized spacial score (nSPS) is 17.1. The van der Waals surface area contributed by atoms with Gasteiger partial charge >= 0.3 is 5.97 Å². The fraction of sp³-hybridized carbons (Fsp3) is 0.304. The van der Waals surface area contributed by atoms with E-state index in [1.54, 1.807) is 36.9 Å². The highest BCUT2D eigenvalue weighted by molar-refractivity contribution is 5.95. The van der Waals surface area contributed by atoms with Gasteiger partial charge in [0.2, 0.25) is 5.91 Å². The van der Waals surface area contributed by atoms with Crippen LogP contribution in [0.15, 0.2) is 59.8 Å². The third kappa shape index (κ3) is 3.84. The van der Waals surface area contributed by atoms with Crippen LogP contribution in [0.5, 0.6) is 0 Å². The lowest BCUT2D eigenvalue weighted by atomic mass is 9.83. The van der Waals surface area contributed by atoms with Crippen molar-refractivity contribution >= 4 is 11.9 Å². The molecule has 5 heteroatoms. The summed E-state index contributed by atoms with van der Waals surface area (Å²) < 4.78 is 19.7. The third-order valence-electron chi connectivity index (χ3n) is 5.19. The van der Waals surface area contributed by atoms with Crippen LogP contribution in [0.2, 0.25) is 0 Å². The molecule has 0 saturated heterocycles. The number of ether oxygens (including phenoxy) is 1. The van der Waals surface area contributed by atoms with E-state index in [4.69, 9.17) is 4.74 Å². The molecule has 1 atom stereocenters. The van der Waals surface area contributed by atoms with Crippen LogP contribution in [0, 0.1) is 12.7 Å². The van der Waals surface area contributed by atoms with Gasteiger partial charge in [0.1, 0.15) is 5.82 Å². The Morgan fingerprint density at radius 3 is 2.50 bits per heavy atom. The monoisotopic (exact) mass is 381 g/mol. The zero-order chi connectivity index (χ0) is 20.3. The molecule has 2 aromatic rings. The van der Waals surface area contributed by atoms with E-state index in [0.717, 1.165) is 11.1 Å². The molecule has 146 valence electrons. The number of hydrogen-bond acceptors (Lipinski definition) is 3. The summed E-state index contributed by atoms with van der Waals surface area (Å²) in [5, 5.41) is 0. The summed E-state index contributed by atoms with van der Waals surface area (Å²) in [6, 6.07) is 14.1. The molecule has 0 radical (unpaired) electrons. The number of carbonyl (C=O) groups is 2. The molecule has 1 aliphatic heterocycles. The maximum atomic E-state index is 14.4. The predicted molar refractivity (Wildman–Crippen MR) is 105 cm³/mol. The number of halogens is 1. The SMILES string of the molecule is CCOC(=O)C1=C(C)N(Cc2ccccc2C)C(=O)CC1c1ccccc1F. The van der Waals surface area contributed by atoms with E-state index in [0.29, 0.717) is 23.4 Å². The number of hydrogen-bond donors (Lipinski definition) is 0. The van der Waals surface area contributed by atoms with Crippen molar-refractivity contribution in [3.8, 4) is 0 Å². The second-order valence-electron chi connectivity index (χ2n) is 6.90. The highest BCUT2D eigenvalue weighted by Crippen LogP contribution is 2.38. The number of esters is 1. The van der Waals surface area contributed by atoms with Gasteiger partial charge in [-0.05, 0) is 43.5 Å². The van der Waals surface area contributed by atoms with Crippen molar-refractivity contribution in [3.05, 3.63) is 82.3 Å². The molecule has 0 aliphatic carbocycles. The average Bonchev–Trinajstić information content (AvgIpc) is 2.66. The van der Waals surface area contributed by atoms with E-state index in [1.165, 1.54) is 6.07 Å². The highest BCUT2D eigenvalue weighted by atomic mass is 19.1. The van der Waals surface area contributed by atoms with E-state index < -0.39 is 17.7 Å². The van der Waals surface area contributed by atoms with Gasteiger partial charge < -0.3 is 9.64 Å². The average molecular weight is 381 g/mol. The predicted octanol–water partition coefficient (Wildman–Crippen LogP) is 4.49. The molecule has 0 spiro atoms. The third-order valence-corrected chi connectivity index (χ3v) is 5.19. The van der Waals surface area contributed by atoms with Gasteiger partial charge in [-0.2, -0.15) is 0 Å². The Labute approximate surface area is 164 Å². The number of benzene rings is 2. The first-order valence-electron chi connectivity index (χ1n) is 9.41. The van der Waals surface area contributed by atoms with Gasteiger partial charge in [0.25, 0.3) is 0 Å². The van der Waals surface area contributed by atoms with Crippen LogP contribution in [-0.4, -0.2) is 23.4 Å². The lowest BCUT2D eigenvalue weighted by molar-refractivity contribution is -0.140. The fourth-order valence-electron chi connectivity index (χ4n) is 3.66. The maximum Gasteiger partial charge on any atom is 0.336 e. The summed E-state index contributed by atoms with van der Waals surface area (Å²) in [5.41, 5.74) is 3.28. The van der Waals surface area contributed by atoms with Crippen molar-refractivity contribution in [1.82, 2.24) is 4.90 Å². The highest BCUT2D eigenvalue weighted by Gasteiger charge is 2.38. The molecule has 1 amide bonds. The first kappa shape index (κ1) is 19.8. The van der Waals surface area contributed by atoms with E-state index in [9.17, 15) is 14.0 Å². The topological polar surface area (TPSA) is 46.6 Å².